The molecule has 0 bridgehead atoms. The molecule has 3 fully saturated rings. The minimum Gasteiger partial charge on any atom is -0.427 e. The third kappa shape index (κ3) is 4.30. The Morgan fingerprint density at radius 3 is 2.75 bits per heavy atom. The average Bonchev–Trinajstić information content (AvgIpc) is 3.04. The molecule has 1 saturated heterocycles. The molecule has 0 aromatic heterocycles. The van der Waals surface area contributed by atoms with Gasteiger partial charge in [0.2, 0.25) is 0 Å². The Balaban J connectivity index is 1.50. The highest BCUT2D eigenvalue weighted by Gasteiger charge is 2.45. The van der Waals surface area contributed by atoms with Gasteiger partial charge in [-0.2, -0.15) is 0 Å². The summed E-state index contributed by atoms with van der Waals surface area (Å²) in [6.45, 7) is 5.69. The number of hydrogen-bond acceptors (Lipinski definition) is 3. The first-order valence-electron chi connectivity index (χ1n) is 11.7. The second kappa shape index (κ2) is 8.98. The molecule has 3 aliphatic rings. The first-order valence-corrected chi connectivity index (χ1v) is 11.7. The Hall–Kier alpha value is -1.35. The minimum absolute atomic E-state index is 0.142. The van der Waals surface area contributed by atoms with E-state index in [1.165, 1.54) is 89.4 Å². The van der Waals surface area contributed by atoms with Gasteiger partial charge in [-0.05, 0) is 80.0 Å². The van der Waals surface area contributed by atoms with E-state index >= 15 is 0 Å². The van der Waals surface area contributed by atoms with E-state index in [-0.39, 0.29) is 11.4 Å². The zero-order valence-electron chi connectivity index (χ0n) is 17.6. The summed E-state index contributed by atoms with van der Waals surface area (Å²) < 4.78 is 5.54. The van der Waals surface area contributed by atoms with Gasteiger partial charge in [-0.25, -0.2) is 0 Å². The van der Waals surface area contributed by atoms with Gasteiger partial charge in [0.1, 0.15) is 5.75 Å². The molecule has 3 nitrogen and oxygen atoms in total. The molecule has 1 aliphatic heterocycles. The molecule has 1 heterocycles. The van der Waals surface area contributed by atoms with E-state index in [2.05, 4.69) is 23.1 Å². The highest BCUT2D eigenvalue weighted by molar-refractivity contribution is 5.72. The van der Waals surface area contributed by atoms with Crippen LogP contribution in [-0.2, 0) is 10.2 Å². The molecular weight excluding hydrogens is 346 g/mol. The van der Waals surface area contributed by atoms with E-state index in [1.54, 1.807) is 0 Å². The van der Waals surface area contributed by atoms with Crippen molar-refractivity contribution in [1.82, 2.24) is 4.90 Å². The maximum absolute atomic E-state index is 11.8. The molecule has 0 N–H and O–H groups in total. The first-order chi connectivity index (χ1) is 13.7. The van der Waals surface area contributed by atoms with Crippen molar-refractivity contribution in [2.45, 2.75) is 83.0 Å². The van der Waals surface area contributed by atoms with Crippen LogP contribution < -0.4 is 4.74 Å². The van der Waals surface area contributed by atoms with E-state index in [1.807, 2.05) is 13.0 Å². The predicted octanol–water partition coefficient (Wildman–Crippen LogP) is 5.72. The molecule has 154 valence electrons. The van der Waals surface area contributed by atoms with Crippen LogP contribution in [0.4, 0.5) is 0 Å². The van der Waals surface area contributed by atoms with E-state index in [0.29, 0.717) is 6.42 Å². The minimum atomic E-state index is -0.142. The molecule has 2 atom stereocenters. The van der Waals surface area contributed by atoms with Gasteiger partial charge >= 0.3 is 5.97 Å². The first kappa shape index (κ1) is 19.9. The van der Waals surface area contributed by atoms with Gasteiger partial charge < -0.3 is 9.64 Å². The smallest absolute Gasteiger partial charge is 0.310 e. The molecular formula is C25H37NO2. The van der Waals surface area contributed by atoms with Gasteiger partial charge in [0.25, 0.3) is 0 Å². The summed E-state index contributed by atoms with van der Waals surface area (Å²) >= 11 is 0. The molecule has 1 aromatic carbocycles. The fourth-order valence-electron chi connectivity index (χ4n) is 6.26. The second-order valence-electron chi connectivity index (χ2n) is 9.47. The van der Waals surface area contributed by atoms with E-state index in [9.17, 15) is 4.79 Å². The van der Waals surface area contributed by atoms with Crippen molar-refractivity contribution in [1.29, 1.82) is 0 Å². The van der Waals surface area contributed by atoms with Gasteiger partial charge in [0.15, 0.2) is 0 Å². The van der Waals surface area contributed by atoms with Crippen LogP contribution in [0.1, 0.15) is 83.1 Å². The number of likely N-dealkylation sites (tertiary alicyclic amines) is 1. The summed E-state index contributed by atoms with van der Waals surface area (Å²) in [4.78, 5) is 14.6. The predicted molar refractivity (Wildman–Crippen MR) is 114 cm³/mol. The average molecular weight is 384 g/mol. The van der Waals surface area contributed by atoms with Crippen molar-refractivity contribution in [2.75, 3.05) is 19.6 Å². The largest absolute Gasteiger partial charge is 0.427 e. The Bertz CT molecular complexity index is 666. The third-order valence-electron chi connectivity index (χ3n) is 7.70. The van der Waals surface area contributed by atoms with Crippen LogP contribution in [0.5, 0.6) is 5.75 Å². The van der Waals surface area contributed by atoms with Gasteiger partial charge in [0.05, 0.1) is 0 Å². The molecule has 2 saturated carbocycles. The molecule has 0 radical (unpaired) electrons. The summed E-state index contributed by atoms with van der Waals surface area (Å²) in [7, 11) is 0. The SMILES string of the molecule is CCC(=O)Oc1cccc(C23CCCC2CN(CC2CCCCC2)CCC3)c1. The summed E-state index contributed by atoms with van der Waals surface area (Å²) in [6, 6.07) is 8.48. The number of hydrogen-bond donors (Lipinski definition) is 0. The van der Waals surface area contributed by atoms with Crippen molar-refractivity contribution in [3.05, 3.63) is 29.8 Å². The van der Waals surface area contributed by atoms with Crippen molar-refractivity contribution < 1.29 is 9.53 Å². The zero-order valence-corrected chi connectivity index (χ0v) is 17.6. The molecule has 0 amide bonds. The maximum atomic E-state index is 11.8. The van der Waals surface area contributed by atoms with Crippen molar-refractivity contribution in [3.8, 4) is 5.75 Å². The number of carbonyl (C=O) groups is 1. The number of nitrogens with zero attached hydrogens (tertiary/aromatic N) is 1. The van der Waals surface area contributed by atoms with E-state index in [0.717, 1.165) is 17.6 Å². The lowest BCUT2D eigenvalue weighted by molar-refractivity contribution is -0.134. The van der Waals surface area contributed by atoms with Crippen LogP contribution in [0.3, 0.4) is 0 Å². The summed E-state index contributed by atoms with van der Waals surface area (Å²) in [5.74, 6) is 2.26. The Morgan fingerprint density at radius 2 is 1.93 bits per heavy atom. The number of benzene rings is 1. The molecule has 2 unspecified atom stereocenters. The molecule has 1 aromatic rings. The normalized spacial score (nSPS) is 29.2. The lowest BCUT2D eigenvalue weighted by atomic mass is 9.69. The van der Waals surface area contributed by atoms with Crippen molar-refractivity contribution in [3.63, 3.8) is 0 Å². The van der Waals surface area contributed by atoms with Crippen LogP contribution in [0.25, 0.3) is 0 Å². The van der Waals surface area contributed by atoms with Crippen LogP contribution in [-0.4, -0.2) is 30.5 Å². The standard InChI is InChI=1S/C25H37NO2/c1-2-24(27)28-23-13-6-11-21(17-23)25-14-7-12-22(25)19-26(16-8-15-25)18-20-9-4-3-5-10-20/h6,11,13,17,20,22H,2-5,7-10,12,14-16,18-19H2,1H3. The molecule has 3 heteroatoms. The van der Waals surface area contributed by atoms with E-state index in [4.69, 9.17) is 4.74 Å². The lowest BCUT2D eigenvalue weighted by Crippen LogP contribution is -2.38. The number of ether oxygens (including phenoxy) is 1. The number of fused-ring (bicyclic) bond motifs is 1. The molecule has 28 heavy (non-hydrogen) atoms. The molecule has 2 aliphatic carbocycles. The fourth-order valence-corrected chi connectivity index (χ4v) is 6.26. The Kier molecular flexibility index (Phi) is 6.40. The summed E-state index contributed by atoms with van der Waals surface area (Å²) in [5.41, 5.74) is 1.70. The van der Waals surface area contributed by atoms with Crippen LogP contribution in [0, 0.1) is 11.8 Å². The van der Waals surface area contributed by atoms with Crippen LogP contribution in [0.2, 0.25) is 0 Å². The maximum Gasteiger partial charge on any atom is 0.310 e. The number of rotatable bonds is 5. The van der Waals surface area contributed by atoms with Crippen LogP contribution >= 0.6 is 0 Å². The zero-order chi connectivity index (χ0) is 19.4. The number of carbonyl (C=O) groups excluding carboxylic acids is 1. The topological polar surface area (TPSA) is 29.5 Å². The van der Waals surface area contributed by atoms with Crippen LogP contribution in [0.15, 0.2) is 24.3 Å². The molecule has 4 rings (SSSR count). The van der Waals surface area contributed by atoms with Gasteiger partial charge in [-0.1, -0.05) is 44.7 Å². The van der Waals surface area contributed by atoms with Crippen molar-refractivity contribution in [2.24, 2.45) is 11.8 Å². The number of esters is 1. The lowest BCUT2D eigenvalue weighted by Gasteiger charge is -2.36. The van der Waals surface area contributed by atoms with Gasteiger partial charge in [-0.3, -0.25) is 4.79 Å². The quantitative estimate of drug-likeness (QED) is 0.481. The fraction of sp³-hybridized carbons (Fsp3) is 0.720. The highest BCUT2D eigenvalue weighted by Crippen LogP contribution is 2.51. The van der Waals surface area contributed by atoms with Gasteiger partial charge in [-0.15, -0.1) is 0 Å². The third-order valence-corrected chi connectivity index (χ3v) is 7.70. The van der Waals surface area contributed by atoms with Crippen molar-refractivity contribution >= 4 is 5.97 Å². The van der Waals surface area contributed by atoms with Gasteiger partial charge in [0, 0.05) is 19.5 Å². The second-order valence-corrected chi connectivity index (χ2v) is 9.47. The monoisotopic (exact) mass is 383 g/mol. The molecule has 0 spiro atoms. The summed E-state index contributed by atoms with van der Waals surface area (Å²) in [5, 5.41) is 0. The Labute approximate surface area is 170 Å². The van der Waals surface area contributed by atoms with E-state index < -0.39 is 0 Å². The highest BCUT2D eigenvalue weighted by atomic mass is 16.5. The summed E-state index contributed by atoms with van der Waals surface area (Å²) in [6.07, 6.45) is 14.2. The Morgan fingerprint density at radius 1 is 1.11 bits per heavy atom.